The number of rotatable bonds is 2. The summed E-state index contributed by atoms with van der Waals surface area (Å²) >= 11 is 0. The van der Waals surface area contributed by atoms with E-state index in [1.54, 1.807) is 7.05 Å². The third-order valence-corrected chi connectivity index (χ3v) is 2.84. The smallest absolute Gasteiger partial charge is 0.225 e. The van der Waals surface area contributed by atoms with Crippen molar-refractivity contribution in [2.75, 3.05) is 20.1 Å². The number of piperidine rings is 1. The number of hydrogen-bond donors (Lipinski definition) is 1. The number of nitrogens with one attached hydrogen (secondary N) is 1. The fourth-order valence-corrected chi connectivity index (χ4v) is 1.96. The summed E-state index contributed by atoms with van der Waals surface area (Å²) in [6, 6.07) is 0. The average Bonchev–Trinajstić information content (AvgIpc) is 2.27. The molecule has 15 heavy (non-hydrogen) atoms. The zero-order valence-electron chi connectivity index (χ0n) is 9.75. The van der Waals surface area contributed by atoms with Gasteiger partial charge < -0.3 is 10.2 Å². The Morgan fingerprint density at radius 1 is 1.40 bits per heavy atom. The van der Waals surface area contributed by atoms with Crippen LogP contribution in [0.15, 0.2) is 0 Å². The first-order valence-electron chi connectivity index (χ1n) is 5.56. The van der Waals surface area contributed by atoms with E-state index < -0.39 is 0 Å². The van der Waals surface area contributed by atoms with Crippen molar-refractivity contribution < 1.29 is 9.59 Å². The number of likely N-dealkylation sites (tertiary alicyclic amines) is 1. The molecule has 1 fully saturated rings. The molecule has 1 N–H and O–H groups in total. The molecule has 0 bridgehead atoms. The second-order valence-electron chi connectivity index (χ2n) is 4.39. The van der Waals surface area contributed by atoms with Gasteiger partial charge >= 0.3 is 0 Å². The van der Waals surface area contributed by atoms with E-state index in [1.807, 2.05) is 18.7 Å². The normalized spacial score (nSPS) is 21.6. The van der Waals surface area contributed by atoms with Gasteiger partial charge in [-0.15, -0.1) is 0 Å². The summed E-state index contributed by atoms with van der Waals surface area (Å²) in [7, 11) is 1.64. The highest BCUT2D eigenvalue weighted by Gasteiger charge is 2.28. The summed E-state index contributed by atoms with van der Waals surface area (Å²) in [5.74, 6) is 0.208. The molecule has 1 atom stereocenters. The highest BCUT2D eigenvalue weighted by atomic mass is 16.2. The standard InChI is InChI=1S/C11H20N2O2/c1-8(2)11(15)13-6-4-5-9(7-13)10(14)12-3/h8-9H,4-7H2,1-3H3,(H,12,14). The summed E-state index contributed by atoms with van der Waals surface area (Å²) in [5.41, 5.74) is 0. The number of carbonyl (C=O) groups excluding carboxylic acids is 2. The number of hydrogen-bond acceptors (Lipinski definition) is 2. The van der Waals surface area contributed by atoms with Crippen LogP contribution >= 0.6 is 0 Å². The lowest BCUT2D eigenvalue weighted by molar-refractivity contribution is -0.138. The maximum Gasteiger partial charge on any atom is 0.225 e. The molecule has 86 valence electrons. The summed E-state index contributed by atoms with van der Waals surface area (Å²) in [6.07, 6.45) is 1.82. The minimum atomic E-state index is -0.0218. The zero-order valence-corrected chi connectivity index (χ0v) is 9.75. The molecule has 0 radical (unpaired) electrons. The van der Waals surface area contributed by atoms with Gasteiger partial charge in [0.2, 0.25) is 11.8 Å². The van der Waals surface area contributed by atoms with Crippen molar-refractivity contribution in [2.24, 2.45) is 11.8 Å². The van der Waals surface area contributed by atoms with E-state index in [2.05, 4.69) is 5.32 Å². The minimum absolute atomic E-state index is 0.0217. The minimum Gasteiger partial charge on any atom is -0.359 e. The highest BCUT2D eigenvalue weighted by Crippen LogP contribution is 2.18. The van der Waals surface area contributed by atoms with Gasteiger partial charge in [-0.1, -0.05) is 13.8 Å². The van der Waals surface area contributed by atoms with Gasteiger partial charge in [0, 0.05) is 26.1 Å². The molecule has 0 aliphatic carbocycles. The molecule has 1 heterocycles. The summed E-state index contributed by atoms with van der Waals surface area (Å²) in [5, 5.41) is 2.65. The Labute approximate surface area is 91.0 Å². The van der Waals surface area contributed by atoms with Crippen LogP contribution in [0.25, 0.3) is 0 Å². The lowest BCUT2D eigenvalue weighted by Gasteiger charge is -2.32. The van der Waals surface area contributed by atoms with E-state index in [9.17, 15) is 9.59 Å². The van der Waals surface area contributed by atoms with Crippen molar-refractivity contribution in [1.82, 2.24) is 10.2 Å². The van der Waals surface area contributed by atoms with Gasteiger partial charge in [-0.05, 0) is 12.8 Å². The Morgan fingerprint density at radius 2 is 2.07 bits per heavy atom. The lowest BCUT2D eigenvalue weighted by atomic mass is 9.96. The third-order valence-electron chi connectivity index (χ3n) is 2.84. The van der Waals surface area contributed by atoms with E-state index in [4.69, 9.17) is 0 Å². The van der Waals surface area contributed by atoms with Gasteiger partial charge in [-0.2, -0.15) is 0 Å². The second kappa shape index (κ2) is 5.14. The first-order valence-corrected chi connectivity index (χ1v) is 5.56. The van der Waals surface area contributed by atoms with Gasteiger partial charge in [0.05, 0.1) is 5.92 Å². The molecule has 0 aromatic carbocycles. The molecule has 1 unspecified atom stereocenters. The molecule has 1 saturated heterocycles. The predicted octanol–water partition coefficient (Wildman–Crippen LogP) is 0.627. The molecule has 0 aromatic rings. The number of carbonyl (C=O) groups is 2. The van der Waals surface area contributed by atoms with Gasteiger partial charge in [0.25, 0.3) is 0 Å². The molecule has 4 heteroatoms. The number of nitrogens with zero attached hydrogens (tertiary/aromatic N) is 1. The van der Waals surface area contributed by atoms with Crippen molar-refractivity contribution in [2.45, 2.75) is 26.7 Å². The van der Waals surface area contributed by atoms with E-state index in [0.717, 1.165) is 19.4 Å². The maximum atomic E-state index is 11.7. The molecule has 2 amide bonds. The van der Waals surface area contributed by atoms with Crippen molar-refractivity contribution in [3.8, 4) is 0 Å². The van der Waals surface area contributed by atoms with Crippen LogP contribution in [0.4, 0.5) is 0 Å². The van der Waals surface area contributed by atoms with Crippen LogP contribution in [0.3, 0.4) is 0 Å². The van der Waals surface area contributed by atoms with Crippen LogP contribution in [0.2, 0.25) is 0 Å². The van der Waals surface area contributed by atoms with Crippen LogP contribution in [-0.2, 0) is 9.59 Å². The summed E-state index contributed by atoms with van der Waals surface area (Å²) in [6.45, 7) is 5.17. The third kappa shape index (κ3) is 2.94. The van der Waals surface area contributed by atoms with E-state index in [1.165, 1.54) is 0 Å². The van der Waals surface area contributed by atoms with Crippen LogP contribution in [0.1, 0.15) is 26.7 Å². The first-order chi connectivity index (χ1) is 7.06. The summed E-state index contributed by atoms with van der Waals surface area (Å²) < 4.78 is 0. The lowest BCUT2D eigenvalue weighted by Crippen LogP contribution is -2.46. The molecule has 0 spiro atoms. The van der Waals surface area contributed by atoms with E-state index >= 15 is 0 Å². The summed E-state index contributed by atoms with van der Waals surface area (Å²) in [4.78, 5) is 25.0. The number of amides is 2. The van der Waals surface area contributed by atoms with Crippen molar-refractivity contribution in [3.05, 3.63) is 0 Å². The maximum absolute atomic E-state index is 11.7. The molecular weight excluding hydrogens is 192 g/mol. The fourth-order valence-electron chi connectivity index (χ4n) is 1.96. The van der Waals surface area contributed by atoms with Gasteiger partial charge in [-0.25, -0.2) is 0 Å². The monoisotopic (exact) mass is 212 g/mol. The highest BCUT2D eigenvalue weighted by molar-refractivity contribution is 5.81. The van der Waals surface area contributed by atoms with Gasteiger partial charge in [0.1, 0.15) is 0 Å². The van der Waals surface area contributed by atoms with Crippen molar-refractivity contribution in [3.63, 3.8) is 0 Å². The van der Waals surface area contributed by atoms with Crippen LogP contribution in [0, 0.1) is 11.8 Å². The Hall–Kier alpha value is -1.06. The molecule has 1 aliphatic rings. The average molecular weight is 212 g/mol. The SMILES string of the molecule is CNC(=O)C1CCCN(C(=O)C(C)C)C1. The largest absolute Gasteiger partial charge is 0.359 e. The molecule has 4 nitrogen and oxygen atoms in total. The molecule has 1 aliphatic heterocycles. The quantitative estimate of drug-likeness (QED) is 0.729. The Morgan fingerprint density at radius 3 is 2.60 bits per heavy atom. The fraction of sp³-hybridized carbons (Fsp3) is 0.818. The first kappa shape index (κ1) is 12.0. The predicted molar refractivity (Wildman–Crippen MR) is 58.2 cm³/mol. The van der Waals surface area contributed by atoms with Crippen LogP contribution in [0.5, 0.6) is 0 Å². The molecule has 0 aromatic heterocycles. The molecular formula is C11H20N2O2. The zero-order chi connectivity index (χ0) is 11.4. The van der Waals surface area contributed by atoms with E-state index in [-0.39, 0.29) is 23.7 Å². The van der Waals surface area contributed by atoms with Crippen LogP contribution in [-0.4, -0.2) is 36.9 Å². The van der Waals surface area contributed by atoms with Crippen molar-refractivity contribution >= 4 is 11.8 Å². The molecule has 1 rings (SSSR count). The molecule has 0 saturated carbocycles. The topological polar surface area (TPSA) is 49.4 Å². The van der Waals surface area contributed by atoms with Gasteiger partial charge in [-0.3, -0.25) is 9.59 Å². The second-order valence-corrected chi connectivity index (χ2v) is 4.39. The Balaban J connectivity index is 2.56. The van der Waals surface area contributed by atoms with Crippen molar-refractivity contribution in [1.29, 1.82) is 0 Å². The van der Waals surface area contributed by atoms with E-state index in [0.29, 0.717) is 6.54 Å². The Bertz CT molecular complexity index is 251. The Kier molecular flexibility index (Phi) is 4.12. The van der Waals surface area contributed by atoms with Crippen LogP contribution < -0.4 is 5.32 Å². The van der Waals surface area contributed by atoms with Gasteiger partial charge in [0.15, 0.2) is 0 Å².